The normalized spacial score (nSPS) is 12.2. The second kappa shape index (κ2) is 8.71. The van der Waals surface area contributed by atoms with Gasteiger partial charge in [-0.15, -0.1) is 0 Å². The topological polar surface area (TPSA) is 112 Å². The fourth-order valence-corrected chi connectivity index (χ4v) is 3.85. The van der Waals surface area contributed by atoms with Crippen LogP contribution < -0.4 is 10.9 Å². The Labute approximate surface area is 187 Å². The van der Waals surface area contributed by atoms with Gasteiger partial charge >= 0.3 is 0 Å². The van der Waals surface area contributed by atoms with E-state index in [4.69, 9.17) is 0 Å². The van der Waals surface area contributed by atoms with Crippen molar-refractivity contribution in [1.29, 1.82) is 0 Å². The summed E-state index contributed by atoms with van der Waals surface area (Å²) in [6.07, 6.45) is 6.82. The van der Waals surface area contributed by atoms with Gasteiger partial charge in [-0.25, -0.2) is 14.4 Å². The van der Waals surface area contributed by atoms with Gasteiger partial charge in [0.2, 0.25) is 0 Å². The minimum Gasteiger partial charge on any atom is -0.394 e. The van der Waals surface area contributed by atoms with E-state index in [9.17, 15) is 14.3 Å². The van der Waals surface area contributed by atoms with Crippen molar-refractivity contribution in [2.75, 3.05) is 11.9 Å². The lowest BCUT2D eigenvalue weighted by molar-refractivity contribution is 0.274. The summed E-state index contributed by atoms with van der Waals surface area (Å²) in [7, 11) is 0. The molecule has 0 aliphatic rings. The van der Waals surface area contributed by atoms with E-state index in [1.807, 2.05) is 30.3 Å². The first-order valence-electron chi connectivity index (χ1n) is 10.4. The number of aromatic amines is 2. The number of aromatic nitrogens is 5. The Kier molecular flexibility index (Phi) is 5.45. The van der Waals surface area contributed by atoms with Crippen molar-refractivity contribution in [3.8, 4) is 17.1 Å². The molecular formula is C24H21FN6O2. The number of nitrogens with one attached hydrogen (secondary N) is 3. The van der Waals surface area contributed by atoms with Gasteiger partial charge in [0, 0.05) is 24.7 Å². The van der Waals surface area contributed by atoms with E-state index in [1.165, 1.54) is 18.6 Å². The molecule has 9 heteroatoms. The molecule has 0 fully saturated rings. The summed E-state index contributed by atoms with van der Waals surface area (Å²) in [5.74, 6) is -0.157. The molecule has 0 bridgehead atoms. The maximum Gasteiger partial charge on any atom is 0.261 e. The highest BCUT2D eigenvalue weighted by molar-refractivity contribution is 5.84. The molecule has 1 unspecified atom stereocenters. The van der Waals surface area contributed by atoms with E-state index in [1.54, 1.807) is 29.1 Å². The highest BCUT2D eigenvalue weighted by atomic mass is 19.1. The van der Waals surface area contributed by atoms with Crippen LogP contribution in [-0.4, -0.2) is 42.3 Å². The second-order valence-corrected chi connectivity index (χ2v) is 7.69. The van der Waals surface area contributed by atoms with Crippen LogP contribution in [0.15, 0.2) is 78.2 Å². The van der Waals surface area contributed by atoms with Crippen LogP contribution in [0, 0.1) is 5.82 Å². The molecule has 33 heavy (non-hydrogen) atoms. The van der Waals surface area contributed by atoms with Crippen LogP contribution in [0.4, 0.5) is 10.1 Å². The first kappa shape index (κ1) is 20.7. The first-order chi connectivity index (χ1) is 16.1. The Hall–Kier alpha value is -4.24. The zero-order valence-electron chi connectivity index (χ0n) is 17.5. The number of fused-ring (bicyclic) bond motifs is 1. The van der Waals surface area contributed by atoms with E-state index >= 15 is 0 Å². The van der Waals surface area contributed by atoms with E-state index in [0.29, 0.717) is 34.7 Å². The van der Waals surface area contributed by atoms with Crippen molar-refractivity contribution in [3.05, 3.63) is 95.2 Å². The molecule has 0 aliphatic carbocycles. The van der Waals surface area contributed by atoms with Crippen LogP contribution in [0.2, 0.25) is 0 Å². The standard InChI is InChI=1S/C24H21FN6O2/c25-17-11-19-20(12-21(17)31-9-8-26-14-31)30-23(29-19)22-18(6-7-27-24(22)33)28-16(13-32)10-15-4-2-1-3-5-15/h1-9,11-12,14,16,32H,10,13H2,(H,29,30)(H2,27,28,33). The Bertz CT molecular complexity index is 1440. The van der Waals surface area contributed by atoms with Gasteiger partial charge in [0.15, 0.2) is 0 Å². The second-order valence-electron chi connectivity index (χ2n) is 7.69. The number of hydrogen-bond donors (Lipinski definition) is 4. The molecule has 5 aromatic rings. The molecule has 0 radical (unpaired) electrons. The van der Waals surface area contributed by atoms with E-state index in [-0.39, 0.29) is 23.8 Å². The van der Waals surface area contributed by atoms with Crippen LogP contribution in [0.3, 0.4) is 0 Å². The molecule has 3 heterocycles. The maximum atomic E-state index is 14.7. The molecule has 4 N–H and O–H groups in total. The number of aliphatic hydroxyl groups is 1. The molecule has 0 aliphatic heterocycles. The van der Waals surface area contributed by atoms with Crippen molar-refractivity contribution < 1.29 is 9.50 Å². The fourth-order valence-electron chi connectivity index (χ4n) is 3.85. The van der Waals surface area contributed by atoms with Gasteiger partial charge in [0.05, 0.1) is 41.4 Å². The van der Waals surface area contributed by atoms with Crippen LogP contribution in [0.5, 0.6) is 0 Å². The number of benzene rings is 2. The van der Waals surface area contributed by atoms with Crippen LogP contribution in [0.25, 0.3) is 28.1 Å². The number of pyridine rings is 1. The molecule has 0 spiro atoms. The molecule has 5 rings (SSSR count). The van der Waals surface area contributed by atoms with Gasteiger partial charge in [-0.3, -0.25) is 4.79 Å². The van der Waals surface area contributed by atoms with Gasteiger partial charge in [-0.05, 0) is 24.1 Å². The summed E-state index contributed by atoms with van der Waals surface area (Å²) in [5.41, 5.74) is 2.79. The van der Waals surface area contributed by atoms with Crippen LogP contribution in [0.1, 0.15) is 5.56 Å². The molecular weight excluding hydrogens is 423 g/mol. The van der Waals surface area contributed by atoms with Gasteiger partial charge in [-0.2, -0.15) is 0 Å². The number of aliphatic hydroxyl groups excluding tert-OH is 1. The van der Waals surface area contributed by atoms with Gasteiger partial charge in [-0.1, -0.05) is 30.3 Å². The number of imidazole rings is 2. The monoisotopic (exact) mass is 444 g/mol. The fraction of sp³-hybridized carbons (Fsp3) is 0.125. The third-order valence-corrected chi connectivity index (χ3v) is 5.44. The quantitative estimate of drug-likeness (QED) is 0.308. The lowest BCUT2D eigenvalue weighted by Gasteiger charge is -2.19. The van der Waals surface area contributed by atoms with E-state index in [0.717, 1.165) is 5.56 Å². The summed E-state index contributed by atoms with van der Waals surface area (Å²) in [6.45, 7) is -0.124. The Morgan fingerprint density at radius 1 is 1.18 bits per heavy atom. The smallest absolute Gasteiger partial charge is 0.261 e. The number of rotatable bonds is 7. The molecule has 3 aromatic heterocycles. The van der Waals surface area contributed by atoms with E-state index < -0.39 is 5.82 Å². The average molecular weight is 444 g/mol. The van der Waals surface area contributed by atoms with Crippen molar-refractivity contribution in [1.82, 2.24) is 24.5 Å². The Balaban J connectivity index is 1.52. The predicted molar refractivity (Wildman–Crippen MR) is 124 cm³/mol. The number of nitrogens with zero attached hydrogens (tertiary/aromatic N) is 3. The lowest BCUT2D eigenvalue weighted by atomic mass is 10.1. The number of H-pyrrole nitrogens is 2. The van der Waals surface area contributed by atoms with Crippen LogP contribution in [-0.2, 0) is 6.42 Å². The predicted octanol–water partition coefficient (Wildman–Crippen LogP) is 3.26. The van der Waals surface area contributed by atoms with Gasteiger partial charge in [0.25, 0.3) is 5.56 Å². The highest BCUT2D eigenvalue weighted by Crippen LogP contribution is 2.27. The van der Waals surface area contributed by atoms with Crippen molar-refractivity contribution in [2.45, 2.75) is 12.5 Å². The first-order valence-corrected chi connectivity index (χ1v) is 10.4. The summed E-state index contributed by atoms with van der Waals surface area (Å²) >= 11 is 0. The van der Waals surface area contributed by atoms with Crippen LogP contribution >= 0.6 is 0 Å². The zero-order chi connectivity index (χ0) is 22.8. The Morgan fingerprint density at radius 2 is 2.03 bits per heavy atom. The summed E-state index contributed by atoms with van der Waals surface area (Å²) in [6, 6.07) is 14.1. The molecule has 1 atom stereocenters. The minimum absolute atomic E-state index is 0.124. The number of hydrogen-bond acceptors (Lipinski definition) is 5. The highest BCUT2D eigenvalue weighted by Gasteiger charge is 2.18. The Morgan fingerprint density at radius 3 is 2.79 bits per heavy atom. The molecule has 166 valence electrons. The van der Waals surface area contributed by atoms with Gasteiger partial charge < -0.3 is 25.0 Å². The SMILES string of the molecule is O=c1[nH]ccc(NC(CO)Cc2ccccc2)c1-c1nc2cc(F)c(-n3ccnc3)cc2[nH]1. The summed E-state index contributed by atoms with van der Waals surface area (Å²) in [4.78, 5) is 27.0. The third-order valence-electron chi connectivity index (χ3n) is 5.44. The van der Waals surface area contributed by atoms with Crippen molar-refractivity contribution in [3.63, 3.8) is 0 Å². The third kappa shape index (κ3) is 4.13. The number of halogens is 1. The van der Waals surface area contributed by atoms with Gasteiger partial charge in [0.1, 0.15) is 17.2 Å². The molecule has 0 amide bonds. The average Bonchev–Trinajstić information content (AvgIpc) is 3.48. The van der Waals surface area contributed by atoms with Crippen molar-refractivity contribution in [2.24, 2.45) is 0 Å². The minimum atomic E-state index is -0.456. The number of anilines is 1. The molecule has 8 nitrogen and oxygen atoms in total. The lowest BCUT2D eigenvalue weighted by Crippen LogP contribution is -2.28. The summed E-state index contributed by atoms with van der Waals surface area (Å²) < 4.78 is 16.2. The molecule has 2 aromatic carbocycles. The summed E-state index contributed by atoms with van der Waals surface area (Å²) in [5, 5.41) is 13.2. The largest absolute Gasteiger partial charge is 0.394 e. The van der Waals surface area contributed by atoms with Crippen molar-refractivity contribution >= 4 is 16.7 Å². The molecule has 0 saturated carbocycles. The zero-order valence-corrected chi connectivity index (χ0v) is 17.5. The molecule has 0 saturated heterocycles. The van der Waals surface area contributed by atoms with E-state index in [2.05, 4.69) is 25.3 Å². The maximum absolute atomic E-state index is 14.7.